The number of hydrogen-bond donors (Lipinski definition) is 3. The Hall–Kier alpha value is -2.20. The molecule has 9 nitrogen and oxygen atoms in total. The van der Waals surface area contributed by atoms with Crippen molar-refractivity contribution in [1.82, 2.24) is 0 Å². The normalized spacial score (nSPS) is 41.6. The first-order chi connectivity index (χ1) is 23.2. The van der Waals surface area contributed by atoms with Crippen LogP contribution in [0.4, 0.5) is 0 Å². The number of ketones is 3. The SMILES string of the molecule is COC(=O)C12CC(=O)C(C(C)C)CC(=O)C(C)CCCC(C)CC(=O)C1CC(C)=C1C(O)CC(C)(O)C3CCC(C)(O)C(CCC(C)=CC12)O3. The molecule has 0 radical (unpaired) electrons. The maximum Gasteiger partial charge on any atom is 0.313 e. The van der Waals surface area contributed by atoms with Crippen LogP contribution in [0.15, 0.2) is 22.8 Å². The van der Waals surface area contributed by atoms with Crippen LogP contribution in [0.5, 0.6) is 0 Å². The molecule has 0 amide bonds. The lowest BCUT2D eigenvalue weighted by molar-refractivity contribution is -0.219. The van der Waals surface area contributed by atoms with Crippen LogP contribution < -0.4 is 0 Å². The third-order valence-corrected chi connectivity index (χ3v) is 12.9. The van der Waals surface area contributed by atoms with Crippen LogP contribution >= 0.6 is 0 Å². The van der Waals surface area contributed by atoms with Gasteiger partial charge in [-0.05, 0) is 83.6 Å². The summed E-state index contributed by atoms with van der Waals surface area (Å²) in [6.45, 7) is 14.9. The first-order valence-electron chi connectivity index (χ1n) is 19.1. The molecule has 4 aliphatic rings. The second-order valence-corrected chi connectivity index (χ2v) is 17.4. The Kier molecular flexibility index (Phi) is 12.8. The Bertz CT molecular complexity index is 1360. The lowest BCUT2D eigenvalue weighted by Gasteiger charge is -2.50. The van der Waals surface area contributed by atoms with E-state index < -0.39 is 58.7 Å². The van der Waals surface area contributed by atoms with Gasteiger partial charge in [0, 0.05) is 49.4 Å². The summed E-state index contributed by atoms with van der Waals surface area (Å²) in [6, 6.07) is 0. The standard InChI is InChI=1S/C41H64O9/c1-23(2)28-20-31(42)26(5)12-10-11-24(3)18-32(43)29-19-27(6)37-30(41(29,22-33(28)44)38(46)49-9)17-25(4)13-14-35-39(7,47)16-15-36(50-35)40(8,48)21-34(37)45/h17,23-24,26,28-30,34-36,45,47-48H,10-16,18-22H2,1-9H3. The molecule has 1 saturated heterocycles. The van der Waals surface area contributed by atoms with E-state index in [2.05, 4.69) is 0 Å². The van der Waals surface area contributed by atoms with Crippen molar-refractivity contribution in [3.05, 3.63) is 22.8 Å². The van der Waals surface area contributed by atoms with Crippen molar-refractivity contribution >= 4 is 23.3 Å². The van der Waals surface area contributed by atoms with Gasteiger partial charge in [0.2, 0.25) is 0 Å². The predicted molar refractivity (Wildman–Crippen MR) is 191 cm³/mol. The molecule has 0 spiro atoms. The summed E-state index contributed by atoms with van der Waals surface area (Å²) < 4.78 is 11.9. The summed E-state index contributed by atoms with van der Waals surface area (Å²) in [4.78, 5) is 57.4. The van der Waals surface area contributed by atoms with E-state index in [0.29, 0.717) is 37.7 Å². The molecule has 4 rings (SSSR count). The predicted octanol–water partition coefficient (Wildman–Crippen LogP) is 6.25. The quantitative estimate of drug-likeness (QED) is 0.225. The number of aliphatic hydroxyl groups excluding tert-OH is 1. The Morgan fingerprint density at radius 3 is 2.22 bits per heavy atom. The van der Waals surface area contributed by atoms with Gasteiger partial charge in [0.15, 0.2) is 0 Å². The fourth-order valence-corrected chi connectivity index (χ4v) is 9.53. The van der Waals surface area contributed by atoms with Gasteiger partial charge in [0.25, 0.3) is 0 Å². The minimum atomic E-state index is -1.68. The molecule has 0 aromatic carbocycles. The van der Waals surface area contributed by atoms with Crippen molar-refractivity contribution in [2.45, 2.75) is 162 Å². The summed E-state index contributed by atoms with van der Waals surface area (Å²) in [5, 5.41) is 35.3. The van der Waals surface area contributed by atoms with Crippen LogP contribution in [-0.4, -0.2) is 75.3 Å². The van der Waals surface area contributed by atoms with Crippen LogP contribution in [-0.2, 0) is 28.7 Å². The monoisotopic (exact) mass is 700 g/mol. The number of allylic oxidation sites excluding steroid dienone is 3. The van der Waals surface area contributed by atoms with Gasteiger partial charge in [-0.25, -0.2) is 0 Å². The van der Waals surface area contributed by atoms with Crippen molar-refractivity contribution in [1.29, 1.82) is 0 Å². The Morgan fingerprint density at radius 1 is 0.920 bits per heavy atom. The number of carbonyl (C=O) groups is 4. The molecule has 0 aromatic heterocycles. The van der Waals surface area contributed by atoms with E-state index in [1.165, 1.54) is 7.11 Å². The van der Waals surface area contributed by atoms with Gasteiger partial charge in [0.05, 0.1) is 42.0 Å². The van der Waals surface area contributed by atoms with Crippen LogP contribution in [0.25, 0.3) is 0 Å². The Morgan fingerprint density at radius 2 is 1.58 bits per heavy atom. The zero-order chi connectivity index (χ0) is 37.3. The molecule has 2 fully saturated rings. The average molecular weight is 701 g/mol. The first kappa shape index (κ1) is 40.6. The molecular formula is C41H64O9. The van der Waals surface area contributed by atoms with E-state index in [9.17, 15) is 34.5 Å². The maximum atomic E-state index is 14.7. The summed E-state index contributed by atoms with van der Waals surface area (Å²) in [6.07, 6.45) is 3.55. The van der Waals surface area contributed by atoms with E-state index in [-0.39, 0.29) is 67.2 Å². The molecule has 3 N–H and O–H groups in total. The average Bonchev–Trinajstić information content (AvgIpc) is 3.01. The van der Waals surface area contributed by atoms with Crippen molar-refractivity contribution in [2.24, 2.45) is 40.9 Å². The summed E-state index contributed by atoms with van der Waals surface area (Å²) >= 11 is 0. The van der Waals surface area contributed by atoms with Crippen molar-refractivity contribution in [3.8, 4) is 0 Å². The van der Waals surface area contributed by atoms with E-state index in [1.807, 2.05) is 47.6 Å². The highest BCUT2D eigenvalue weighted by atomic mass is 16.5. The number of carbonyl (C=O) groups excluding carboxylic acids is 4. The van der Waals surface area contributed by atoms with Gasteiger partial charge in [-0.15, -0.1) is 0 Å². The zero-order valence-electron chi connectivity index (χ0n) is 32.0. The molecule has 11 unspecified atom stereocenters. The fourth-order valence-electron chi connectivity index (χ4n) is 9.53. The van der Waals surface area contributed by atoms with Crippen LogP contribution in [0.1, 0.15) is 132 Å². The summed E-state index contributed by atoms with van der Waals surface area (Å²) in [7, 11) is 1.28. The third-order valence-electron chi connectivity index (χ3n) is 12.9. The molecule has 50 heavy (non-hydrogen) atoms. The molecule has 1 saturated carbocycles. The van der Waals surface area contributed by atoms with Crippen LogP contribution in [0.3, 0.4) is 0 Å². The topological polar surface area (TPSA) is 147 Å². The third kappa shape index (κ3) is 8.37. The number of Topliss-reactive ketones (excluding diaryl/α,β-unsaturated/α-hetero) is 3. The highest BCUT2D eigenvalue weighted by molar-refractivity contribution is 5.97. The largest absolute Gasteiger partial charge is 0.469 e. The number of esters is 1. The van der Waals surface area contributed by atoms with Crippen molar-refractivity contribution in [3.63, 3.8) is 0 Å². The van der Waals surface area contributed by atoms with Gasteiger partial charge in [-0.3, -0.25) is 19.2 Å². The molecule has 2 bridgehead atoms. The molecule has 282 valence electrons. The molecule has 2 heterocycles. The number of hydrogen-bond acceptors (Lipinski definition) is 9. The van der Waals surface area contributed by atoms with E-state index >= 15 is 0 Å². The van der Waals surface area contributed by atoms with Gasteiger partial charge in [0.1, 0.15) is 17.3 Å². The van der Waals surface area contributed by atoms with Crippen molar-refractivity contribution < 1.29 is 44.0 Å². The number of fused-ring (bicyclic) bond motifs is 5. The molecule has 11 atom stereocenters. The molecule has 2 aliphatic carbocycles. The first-order valence-corrected chi connectivity index (χ1v) is 19.1. The van der Waals surface area contributed by atoms with E-state index in [0.717, 1.165) is 24.0 Å². The second kappa shape index (κ2) is 15.8. The maximum absolute atomic E-state index is 14.7. The van der Waals surface area contributed by atoms with Gasteiger partial charge in [-0.2, -0.15) is 0 Å². The van der Waals surface area contributed by atoms with Crippen LogP contribution in [0, 0.1) is 40.9 Å². The van der Waals surface area contributed by atoms with Gasteiger partial charge in [-0.1, -0.05) is 57.8 Å². The molecule has 9 heteroatoms. The minimum Gasteiger partial charge on any atom is -0.469 e. The van der Waals surface area contributed by atoms with E-state index in [1.54, 1.807) is 13.8 Å². The van der Waals surface area contributed by atoms with Crippen LogP contribution in [0.2, 0.25) is 0 Å². The number of rotatable bonds is 2. The molecular weight excluding hydrogens is 636 g/mol. The lowest BCUT2D eigenvalue weighted by atomic mass is 9.52. The minimum absolute atomic E-state index is 0.00867. The molecule has 0 aromatic rings. The second-order valence-electron chi connectivity index (χ2n) is 17.4. The summed E-state index contributed by atoms with van der Waals surface area (Å²) in [5.41, 5.74) is -2.13. The lowest BCUT2D eigenvalue weighted by Crippen LogP contribution is -2.57. The highest BCUT2D eigenvalue weighted by Crippen LogP contribution is 2.56. The smallest absolute Gasteiger partial charge is 0.313 e. The number of aliphatic hydroxyl groups is 3. The van der Waals surface area contributed by atoms with Gasteiger partial charge >= 0.3 is 5.97 Å². The van der Waals surface area contributed by atoms with Crippen molar-refractivity contribution in [2.75, 3.05) is 7.11 Å². The molecule has 2 aliphatic heterocycles. The summed E-state index contributed by atoms with van der Waals surface area (Å²) in [5.74, 6) is -3.84. The zero-order valence-corrected chi connectivity index (χ0v) is 32.0. The number of methoxy groups -OCH3 is 1. The van der Waals surface area contributed by atoms with Gasteiger partial charge < -0.3 is 24.8 Å². The Labute approximate surface area is 299 Å². The number of ether oxygens (including phenoxy) is 2. The Balaban J connectivity index is 1.98. The fraction of sp³-hybridized carbons (Fsp3) is 0.805. The van der Waals surface area contributed by atoms with E-state index in [4.69, 9.17) is 9.47 Å². The highest BCUT2D eigenvalue weighted by Gasteiger charge is 2.60.